The van der Waals surface area contributed by atoms with Gasteiger partial charge in [-0.1, -0.05) is 12.1 Å². The van der Waals surface area contributed by atoms with E-state index >= 15 is 0 Å². The molecule has 170 valence electrons. The molecular weight excluding hydrogens is 476 g/mol. The van der Waals surface area contributed by atoms with Crippen LogP contribution in [-0.4, -0.2) is 47.5 Å². The lowest BCUT2D eigenvalue weighted by molar-refractivity contribution is -0.147. The number of para-hydroxylation sites is 1. The number of esters is 1. The van der Waals surface area contributed by atoms with Crippen molar-refractivity contribution in [1.82, 2.24) is 4.90 Å². The molecule has 0 radical (unpaired) electrons. The van der Waals surface area contributed by atoms with Crippen molar-refractivity contribution in [2.75, 3.05) is 18.5 Å². The molecule has 3 rings (SSSR count). The van der Waals surface area contributed by atoms with Gasteiger partial charge in [-0.25, -0.2) is 9.59 Å². The molecule has 1 atom stereocenters. The maximum Gasteiger partial charge on any atom is 0.411 e. The SMILES string of the molecule is CC(C)(C)OC(=O)N1CCC[C@H]1C(=O)OCC(=O)c1ccc(Nc2ccccc2Br)cc1. The van der Waals surface area contributed by atoms with E-state index in [1.54, 1.807) is 45.0 Å². The highest BCUT2D eigenvalue weighted by Gasteiger charge is 2.37. The molecule has 1 heterocycles. The van der Waals surface area contributed by atoms with Gasteiger partial charge in [0.25, 0.3) is 0 Å². The third kappa shape index (κ3) is 6.32. The Morgan fingerprint density at radius 3 is 2.44 bits per heavy atom. The highest BCUT2D eigenvalue weighted by Crippen LogP contribution is 2.26. The molecule has 0 aliphatic carbocycles. The first-order valence-electron chi connectivity index (χ1n) is 10.4. The minimum atomic E-state index is -0.728. The summed E-state index contributed by atoms with van der Waals surface area (Å²) >= 11 is 3.48. The summed E-state index contributed by atoms with van der Waals surface area (Å²) < 4.78 is 11.5. The van der Waals surface area contributed by atoms with Crippen LogP contribution in [0.15, 0.2) is 53.0 Å². The molecule has 1 saturated heterocycles. The van der Waals surface area contributed by atoms with Gasteiger partial charge in [-0.2, -0.15) is 0 Å². The number of nitrogens with zero attached hydrogens (tertiary/aromatic N) is 1. The summed E-state index contributed by atoms with van der Waals surface area (Å²) in [6.45, 7) is 5.36. The number of Topliss-reactive ketones (excluding diaryl/α,β-unsaturated/α-hetero) is 1. The number of amides is 1. The van der Waals surface area contributed by atoms with Gasteiger partial charge in [0.1, 0.15) is 11.6 Å². The number of hydrogen-bond donors (Lipinski definition) is 1. The normalized spacial score (nSPS) is 15.9. The van der Waals surface area contributed by atoms with Crippen LogP contribution in [0.3, 0.4) is 0 Å². The van der Waals surface area contributed by atoms with Crippen molar-refractivity contribution in [3.63, 3.8) is 0 Å². The van der Waals surface area contributed by atoms with Crippen molar-refractivity contribution < 1.29 is 23.9 Å². The van der Waals surface area contributed by atoms with Crippen LogP contribution >= 0.6 is 15.9 Å². The minimum Gasteiger partial charge on any atom is -0.456 e. The first-order valence-corrected chi connectivity index (χ1v) is 11.2. The number of likely N-dealkylation sites (tertiary alicyclic amines) is 1. The van der Waals surface area contributed by atoms with Crippen molar-refractivity contribution in [1.29, 1.82) is 0 Å². The minimum absolute atomic E-state index is 0.312. The Balaban J connectivity index is 1.54. The topological polar surface area (TPSA) is 84.9 Å². The van der Waals surface area contributed by atoms with Crippen LogP contribution in [0.25, 0.3) is 0 Å². The summed E-state index contributed by atoms with van der Waals surface area (Å²) in [6, 6.07) is 13.9. The summed E-state index contributed by atoms with van der Waals surface area (Å²) in [5.41, 5.74) is 1.52. The number of carbonyl (C=O) groups excluding carboxylic acids is 3. The van der Waals surface area contributed by atoms with Gasteiger partial charge in [-0.15, -0.1) is 0 Å². The summed E-state index contributed by atoms with van der Waals surface area (Å²) in [5.74, 6) is -0.901. The van der Waals surface area contributed by atoms with E-state index < -0.39 is 23.7 Å². The van der Waals surface area contributed by atoms with Gasteiger partial charge in [-0.05, 0) is 85.9 Å². The Labute approximate surface area is 196 Å². The van der Waals surface area contributed by atoms with Crippen LogP contribution in [0.5, 0.6) is 0 Å². The van der Waals surface area contributed by atoms with Crippen LogP contribution in [0.2, 0.25) is 0 Å². The van der Waals surface area contributed by atoms with Crippen LogP contribution in [-0.2, 0) is 14.3 Å². The highest BCUT2D eigenvalue weighted by atomic mass is 79.9. The number of nitrogens with one attached hydrogen (secondary N) is 1. The quantitative estimate of drug-likeness (QED) is 0.425. The molecule has 7 nitrogen and oxygen atoms in total. The van der Waals surface area contributed by atoms with Crippen molar-refractivity contribution in [2.24, 2.45) is 0 Å². The number of halogens is 1. The van der Waals surface area contributed by atoms with Crippen LogP contribution in [0, 0.1) is 0 Å². The molecule has 1 fully saturated rings. The average molecular weight is 503 g/mol. The zero-order valence-corrected chi connectivity index (χ0v) is 20.0. The van der Waals surface area contributed by atoms with E-state index in [-0.39, 0.29) is 12.4 Å². The van der Waals surface area contributed by atoms with Gasteiger partial charge in [0, 0.05) is 22.3 Å². The molecule has 1 amide bonds. The Kier molecular flexibility index (Phi) is 7.56. The molecule has 2 aromatic carbocycles. The average Bonchev–Trinajstić information content (AvgIpc) is 3.23. The molecule has 1 N–H and O–H groups in total. The number of rotatable bonds is 6. The van der Waals surface area contributed by atoms with Gasteiger partial charge < -0.3 is 14.8 Å². The van der Waals surface area contributed by atoms with Crippen molar-refractivity contribution in [2.45, 2.75) is 45.3 Å². The fraction of sp³-hybridized carbons (Fsp3) is 0.375. The standard InChI is InChI=1S/C24H27BrN2O5/c1-24(2,3)32-23(30)27-14-6-9-20(27)22(29)31-15-21(28)16-10-12-17(13-11-16)26-19-8-5-4-7-18(19)25/h4-5,7-8,10-13,20,26H,6,9,14-15H2,1-3H3/t20-/m0/s1. The van der Waals surface area contributed by atoms with E-state index in [0.717, 1.165) is 15.8 Å². The van der Waals surface area contributed by atoms with Crippen molar-refractivity contribution >= 4 is 45.2 Å². The molecule has 1 aliphatic heterocycles. The molecule has 2 aromatic rings. The van der Waals surface area contributed by atoms with Crippen LogP contribution in [0.4, 0.5) is 16.2 Å². The van der Waals surface area contributed by atoms with E-state index in [9.17, 15) is 14.4 Å². The fourth-order valence-electron chi connectivity index (χ4n) is 3.32. The van der Waals surface area contributed by atoms with Crippen LogP contribution < -0.4 is 5.32 Å². The van der Waals surface area contributed by atoms with Gasteiger partial charge in [0.2, 0.25) is 0 Å². The van der Waals surface area contributed by atoms with Crippen molar-refractivity contribution in [3.8, 4) is 0 Å². The lowest BCUT2D eigenvalue weighted by atomic mass is 10.1. The number of hydrogen-bond acceptors (Lipinski definition) is 6. The largest absolute Gasteiger partial charge is 0.456 e. The second-order valence-corrected chi connectivity index (χ2v) is 9.40. The fourth-order valence-corrected chi connectivity index (χ4v) is 3.71. The van der Waals surface area contributed by atoms with Gasteiger partial charge >= 0.3 is 12.1 Å². The number of ketones is 1. The first-order chi connectivity index (χ1) is 15.1. The highest BCUT2D eigenvalue weighted by molar-refractivity contribution is 9.10. The predicted molar refractivity (Wildman–Crippen MR) is 125 cm³/mol. The molecule has 1 aliphatic rings. The number of anilines is 2. The predicted octanol–water partition coefficient (Wildman–Crippen LogP) is 5.32. The zero-order valence-electron chi connectivity index (χ0n) is 18.4. The summed E-state index contributed by atoms with van der Waals surface area (Å²) in [4.78, 5) is 38.7. The van der Waals surface area contributed by atoms with Gasteiger partial charge in [-0.3, -0.25) is 9.69 Å². The smallest absolute Gasteiger partial charge is 0.411 e. The van der Waals surface area contributed by atoms with E-state index in [1.807, 2.05) is 24.3 Å². The third-order valence-electron chi connectivity index (χ3n) is 4.86. The number of benzene rings is 2. The van der Waals surface area contributed by atoms with Gasteiger partial charge in [0.15, 0.2) is 12.4 Å². The third-order valence-corrected chi connectivity index (χ3v) is 5.55. The van der Waals surface area contributed by atoms with E-state index in [1.165, 1.54) is 4.90 Å². The molecule has 0 unspecified atom stereocenters. The summed E-state index contributed by atoms with van der Waals surface area (Å²) in [5, 5.41) is 3.26. The number of carbonyl (C=O) groups is 3. The Hall–Kier alpha value is -2.87. The van der Waals surface area contributed by atoms with E-state index in [0.29, 0.717) is 24.9 Å². The molecule has 0 spiro atoms. The molecule has 0 saturated carbocycles. The maximum atomic E-state index is 12.5. The lowest BCUT2D eigenvalue weighted by Crippen LogP contribution is -2.44. The lowest BCUT2D eigenvalue weighted by Gasteiger charge is -2.27. The Morgan fingerprint density at radius 2 is 1.78 bits per heavy atom. The first kappa shape index (κ1) is 23.8. The van der Waals surface area contributed by atoms with E-state index in [2.05, 4.69) is 21.2 Å². The number of ether oxygens (including phenoxy) is 2. The molecule has 0 bridgehead atoms. The van der Waals surface area contributed by atoms with E-state index in [4.69, 9.17) is 9.47 Å². The summed E-state index contributed by atoms with van der Waals surface area (Å²) in [7, 11) is 0. The Morgan fingerprint density at radius 1 is 1.09 bits per heavy atom. The van der Waals surface area contributed by atoms with Crippen LogP contribution in [0.1, 0.15) is 44.0 Å². The second kappa shape index (κ2) is 10.2. The molecule has 8 heteroatoms. The zero-order chi connectivity index (χ0) is 23.3. The monoisotopic (exact) mass is 502 g/mol. The Bertz CT molecular complexity index is 985. The maximum absolute atomic E-state index is 12.5. The molecule has 0 aromatic heterocycles. The molecule has 32 heavy (non-hydrogen) atoms. The second-order valence-electron chi connectivity index (χ2n) is 8.54. The van der Waals surface area contributed by atoms with Gasteiger partial charge in [0.05, 0.1) is 5.69 Å². The summed E-state index contributed by atoms with van der Waals surface area (Å²) in [6.07, 6.45) is 0.622. The van der Waals surface area contributed by atoms with Crippen molar-refractivity contribution in [3.05, 3.63) is 58.6 Å². The molecular formula is C24H27BrN2O5.